The molecule has 0 aromatic rings. The number of ether oxygens (including phenoxy) is 2. The van der Waals surface area contributed by atoms with Crippen LogP contribution in [0, 0.1) is 0 Å². The van der Waals surface area contributed by atoms with E-state index < -0.39 is 5.54 Å². The highest BCUT2D eigenvalue weighted by atomic mass is 35.5. The summed E-state index contributed by atoms with van der Waals surface area (Å²) >= 11 is 11.0. The fourth-order valence-electron chi connectivity index (χ4n) is 2.01. The lowest BCUT2D eigenvalue weighted by Crippen LogP contribution is -2.50. The van der Waals surface area contributed by atoms with Crippen molar-refractivity contribution in [2.45, 2.75) is 38.1 Å². The molecule has 0 rings (SSSR count). The van der Waals surface area contributed by atoms with E-state index in [0.717, 1.165) is 0 Å². The largest absolute Gasteiger partial charge is 0.379 e. The molecule has 0 bridgehead atoms. The molecule has 0 spiro atoms. The van der Waals surface area contributed by atoms with Gasteiger partial charge in [0, 0.05) is 50.9 Å². The standard InChI is InChI=1S/C17H31Cl2N3O5/c1-17(22-14-23,12-26-10-2-8-20-15(24)4-6-18)13-27-11-3-9-21-16(25)5-7-19/h14H,2-13H2,1H3,(H,20,24)(H,21,25)(H,22,23). The van der Waals surface area contributed by atoms with Crippen molar-refractivity contribution in [2.75, 3.05) is 51.3 Å². The highest BCUT2D eigenvalue weighted by molar-refractivity contribution is 6.19. The third kappa shape index (κ3) is 15.6. The average molecular weight is 428 g/mol. The molecule has 0 saturated carbocycles. The van der Waals surface area contributed by atoms with Crippen molar-refractivity contribution < 1.29 is 23.9 Å². The summed E-state index contributed by atoms with van der Waals surface area (Å²) in [5.41, 5.74) is -0.647. The van der Waals surface area contributed by atoms with Gasteiger partial charge in [-0.3, -0.25) is 14.4 Å². The van der Waals surface area contributed by atoms with E-state index in [2.05, 4.69) is 16.0 Å². The summed E-state index contributed by atoms with van der Waals surface area (Å²) in [6.07, 6.45) is 2.54. The minimum absolute atomic E-state index is 0.0790. The van der Waals surface area contributed by atoms with Gasteiger partial charge in [-0.1, -0.05) is 0 Å². The normalized spacial score (nSPS) is 11.1. The molecule has 0 aliphatic carbocycles. The van der Waals surface area contributed by atoms with E-state index in [1.807, 2.05) is 6.92 Å². The Morgan fingerprint density at radius 1 is 0.926 bits per heavy atom. The molecule has 3 amide bonds. The van der Waals surface area contributed by atoms with Gasteiger partial charge >= 0.3 is 0 Å². The van der Waals surface area contributed by atoms with Crippen LogP contribution in [0.1, 0.15) is 32.6 Å². The molecule has 0 aliphatic heterocycles. The molecule has 27 heavy (non-hydrogen) atoms. The zero-order valence-corrected chi connectivity index (χ0v) is 17.4. The van der Waals surface area contributed by atoms with Crippen LogP contribution in [0.25, 0.3) is 0 Å². The number of amides is 3. The van der Waals surface area contributed by atoms with Crippen LogP contribution < -0.4 is 16.0 Å². The highest BCUT2D eigenvalue weighted by Crippen LogP contribution is 2.05. The van der Waals surface area contributed by atoms with Gasteiger partial charge in [0.05, 0.1) is 18.8 Å². The molecule has 0 radical (unpaired) electrons. The van der Waals surface area contributed by atoms with Crippen LogP contribution in [0.3, 0.4) is 0 Å². The predicted molar refractivity (Wildman–Crippen MR) is 105 cm³/mol. The molecule has 0 heterocycles. The van der Waals surface area contributed by atoms with Crippen molar-refractivity contribution in [2.24, 2.45) is 0 Å². The molecule has 158 valence electrons. The summed E-state index contributed by atoms with van der Waals surface area (Å²) in [5, 5.41) is 8.19. The van der Waals surface area contributed by atoms with E-state index in [1.165, 1.54) is 0 Å². The highest BCUT2D eigenvalue weighted by Gasteiger charge is 2.24. The number of hydrogen-bond donors (Lipinski definition) is 3. The van der Waals surface area contributed by atoms with Gasteiger partial charge in [0.15, 0.2) is 0 Å². The van der Waals surface area contributed by atoms with Gasteiger partial charge < -0.3 is 25.4 Å². The van der Waals surface area contributed by atoms with E-state index in [0.29, 0.717) is 70.2 Å². The number of halogens is 2. The SMILES string of the molecule is CC(COCCCNC(=O)CCCl)(COCCCNC(=O)CCCl)NC=O. The van der Waals surface area contributed by atoms with Crippen LogP contribution in [-0.2, 0) is 23.9 Å². The monoisotopic (exact) mass is 427 g/mol. The van der Waals surface area contributed by atoms with Crippen LogP contribution in [0.4, 0.5) is 0 Å². The van der Waals surface area contributed by atoms with Gasteiger partial charge in [0.25, 0.3) is 0 Å². The maximum Gasteiger partial charge on any atom is 0.221 e. The van der Waals surface area contributed by atoms with Crippen LogP contribution in [-0.4, -0.2) is 75.0 Å². The lowest BCUT2D eigenvalue weighted by atomic mass is 10.1. The minimum Gasteiger partial charge on any atom is -0.379 e. The number of carbonyl (C=O) groups excluding carboxylic acids is 3. The zero-order valence-electron chi connectivity index (χ0n) is 15.9. The van der Waals surface area contributed by atoms with Gasteiger partial charge in [-0.15, -0.1) is 23.2 Å². The van der Waals surface area contributed by atoms with E-state index in [1.54, 1.807) is 0 Å². The Bertz CT molecular complexity index is 397. The molecule has 0 saturated heterocycles. The molecule has 3 N–H and O–H groups in total. The molecule has 8 nitrogen and oxygen atoms in total. The smallest absolute Gasteiger partial charge is 0.221 e. The third-order valence-electron chi connectivity index (χ3n) is 3.47. The predicted octanol–water partition coefficient (Wildman–Crippen LogP) is 0.795. The zero-order chi connectivity index (χ0) is 20.4. The second-order valence-corrected chi connectivity index (χ2v) is 6.97. The third-order valence-corrected chi connectivity index (χ3v) is 3.84. The molecule has 0 aromatic carbocycles. The lowest BCUT2D eigenvalue weighted by molar-refractivity contribution is -0.121. The van der Waals surface area contributed by atoms with Gasteiger partial charge in [0.2, 0.25) is 18.2 Å². The Hall–Kier alpha value is -1.09. The summed E-state index contributed by atoms with van der Waals surface area (Å²) in [5.74, 6) is 0.449. The van der Waals surface area contributed by atoms with E-state index in [9.17, 15) is 14.4 Å². The van der Waals surface area contributed by atoms with Crippen molar-refractivity contribution >= 4 is 41.4 Å². The van der Waals surface area contributed by atoms with E-state index in [4.69, 9.17) is 32.7 Å². The Labute approximate surface area is 171 Å². The van der Waals surface area contributed by atoms with E-state index in [-0.39, 0.29) is 25.0 Å². The maximum absolute atomic E-state index is 11.3. The summed E-state index contributed by atoms with van der Waals surface area (Å²) in [4.78, 5) is 33.3. The van der Waals surface area contributed by atoms with Crippen molar-refractivity contribution in [3.8, 4) is 0 Å². The average Bonchev–Trinajstić information content (AvgIpc) is 2.62. The second-order valence-electron chi connectivity index (χ2n) is 6.21. The topological polar surface area (TPSA) is 106 Å². The number of rotatable bonds is 18. The fraction of sp³-hybridized carbons (Fsp3) is 0.824. The summed E-state index contributed by atoms with van der Waals surface area (Å²) in [7, 11) is 0. The van der Waals surface area contributed by atoms with E-state index >= 15 is 0 Å². The number of carbonyl (C=O) groups is 3. The number of alkyl halides is 2. The Balaban J connectivity index is 3.85. The number of nitrogens with one attached hydrogen (secondary N) is 3. The minimum atomic E-state index is -0.647. The first-order chi connectivity index (χ1) is 13.0. The first-order valence-corrected chi connectivity index (χ1v) is 10.1. The number of hydrogen-bond acceptors (Lipinski definition) is 5. The molecule has 0 atom stereocenters. The van der Waals surface area contributed by atoms with Crippen molar-refractivity contribution in [1.82, 2.24) is 16.0 Å². The molecular weight excluding hydrogens is 397 g/mol. The second kappa shape index (κ2) is 17.0. The van der Waals surface area contributed by atoms with Crippen molar-refractivity contribution in [3.05, 3.63) is 0 Å². The van der Waals surface area contributed by atoms with Gasteiger partial charge in [-0.05, 0) is 19.8 Å². The fourth-order valence-corrected chi connectivity index (χ4v) is 2.36. The van der Waals surface area contributed by atoms with Crippen LogP contribution in [0.5, 0.6) is 0 Å². The molecule has 0 aromatic heterocycles. The first-order valence-electron chi connectivity index (χ1n) is 8.99. The Morgan fingerprint density at radius 3 is 1.74 bits per heavy atom. The molecular formula is C17H31Cl2N3O5. The molecule has 0 aliphatic rings. The van der Waals surface area contributed by atoms with Gasteiger partial charge in [-0.25, -0.2) is 0 Å². The lowest BCUT2D eigenvalue weighted by Gasteiger charge is -2.28. The van der Waals surface area contributed by atoms with Gasteiger partial charge in [-0.2, -0.15) is 0 Å². The molecule has 0 unspecified atom stereocenters. The summed E-state index contributed by atoms with van der Waals surface area (Å²) < 4.78 is 11.2. The Morgan fingerprint density at radius 2 is 1.37 bits per heavy atom. The molecule has 0 fully saturated rings. The van der Waals surface area contributed by atoms with Crippen molar-refractivity contribution in [1.29, 1.82) is 0 Å². The Kier molecular flexibility index (Phi) is 16.4. The maximum atomic E-state index is 11.3. The first kappa shape index (κ1) is 25.9. The summed E-state index contributed by atoms with van der Waals surface area (Å²) in [6.45, 7) is 4.32. The van der Waals surface area contributed by atoms with Gasteiger partial charge in [0.1, 0.15) is 0 Å². The molecule has 10 heteroatoms. The quantitative estimate of drug-likeness (QED) is 0.170. The van der Waals surface area contributed by atoms with Crippen LogP contribution in [0.15, 0.2) is 0 Å². The van der Waals surface area contributed by atoms with Crippen molar-refractivity contribution in [3.63, 3.8) is 0 Å². The van der Waals surface area contributed by atoms with Crippen LogP contribution >= 0.6 is 23.2 Å². The summed E-state index contributed by atoms with van der Waals surface area (Å²) in [6, 6.07) is 0. The van der Waals surface area contributed by atoms with Crippen LogP contribution in [0.2, 0.25) is 0 Å².